The molecule has 2 aromatic heterocycles. The molecule has 30 heavy (non-hydrogen) atoms. The Balaban J connectivity index is 2.08. The summed E-state index contributed by atoms with van der Waals surface area (Å²) in [4.78, 5) is 10.9. The van der Waals surface area contributed by atoms with Crippen LogP contribution in [0, 0.1) is 17.0 Å². The van der Waals surface area contributed by atoms with Crippen molar-refractivity contribution in [2.45, 2.75) is 20.1 Å². The largest absolute Gasteiger partial charge is 0.867 e. The molecule has 0 fully saturated rings. The van der Waals surface area contributed by atoms with Crippen LogP contribution in [0.4, 0.5) is 5.69 Å². The van der Waals surface area contributed by atoms with Gasteiger partial charge in [0, 0.05) is 23.3 Å². The number of rotatable bonds is 7. The predicted molar refractivity (Wildman–Crippen MR) is 112 cm³/mol. The number of nitro groups is 1. The van der Waals surface area contributed by atoms with Crippen molar-refractivity contribution in [3.63, 3.8) is 0 Å². The van der Waals surface area contributed by atoms with Gasteiger partial charge in [-0.15, -0.1) is 0 Å². The van der Waals surface area contributed by atoms with E-state index in [1.54, 1.807) is 43.6 Å². The fraction of sp³-hybridized carbons (Fsp3) is 0.143. The molecule has 154 valence electrons. The number of pyridine rings is 1. The smallest absolute Gasteiger partial charge is 0.272 e. The molecule has 0 radical (unpaired) electrons. The normalized spacial score (nSPS) is 11.7. The van der Waals surface area contributed by atoms with Gasteiger partial charge in [-0.05, 0) is 36.4 Å². The van der Waals surface area contributed by atoms with Gasteiger partial charge < -0.3 is 19.9 Å². The highest BCUT2D eigenvalue weighted by Crippen LogP contribution is 2.24. The summed E-state index contributed by atoms with van der Waals surface area (Å²) >= 11 is 5.47. The fourth-order valence-corrected chi connectivity index (χ4v) is 3.11. The quantitative estimate of drug-likeness (QED) is 0.149. The molecule has 1 aromatic carbocycles. The van der Waals surface area contributed by atoms with Gasteiger partial charge in [0.25, 0.3) is 5.69 Å². The number of hydrogen-bond donors (Lipinski definition) is 2. The predicted octanol–water partition coefficient (Wildman–Crippen LogP) is 2.08. The lowest BCUT2D eigenvalue weighted by atomic mass is 10.1. The van der Waals surface area contributed by atoms with Crippen LogP contribution in [0.3, 0.4) is 0 Å². The summed E-state index contributed by atoms with van der Waals surface area (Å²) in [6.45, 7) is 1.65. The Bertz CT molecular complexity index is 1110. The second-order valence-corrected chi connectivity index (χ2v) is 6.88. The van der Waals surface area contributed by atoms with Gasteiger partial charge >= 0.3 is 0 Å². The van der Waals surface area contributed by atoms with E-state index in [1.165, 1.54) is 29.0 Å². The highest BCUT2D eigenvalue weighted by atomic mass is 32.1. The van der Waals surface area contributed by atoms with Crippen LogP contribution in [-0.4, -0.2) is 15.0 Å². The van der Waals surface area contributed by atoms with E-state index in [9.17, 15) is 20.3 Å². The SMILES string of the molecule is Cc1ccc(/C([O-])=C(/C(=S)NCc2ccco2)[n+]2cccc(CO)c2)cc1[N+](=O)[O-]. The van der Waals surface area contributed by atoms with Crippen LogP contribution < -0.4 is 15.0 Å². The zero-order valence-electron chi connectivity index (χ0n) is 16.1. The van der Waals surface area contributed by atoms with Gasteiger partial charge in [0.2, 0.25) is 5.70 Å². The van der Waals surface area contributed by atoms with E-state index >= 15 is 0 Å². The first-order valence-electron chi connectivity index (χ1n) is 8.99. The number of hydrogen-bond acceptors (Lipinski definition) is 6. The lowest BCUT2D eigenvalue weighted by Crippen LogP contribution is -2.42. The Morgan fingerprint density at radius 1 is 1.30 bits per heavy atom. The number of nitrogens with one attached hydrogen (secondary N) is 1. The Morgan fingerprint density at radius 2 is 2.10 bits per heavy atom. The molecule has 3 aromatic rings. The molecule has 2 N–H and O–H groups in total. The lowest BCUT2D eigenvalue weighted by molar-refractivity contribution is -0.578. The summed E-state index contributed by atoms with van der Waals surface area (Å²) in [5, 5.41) is 37.1. The van der Waals surface area contributed by atoms with Gasteiger partial charge in [-0.3, -0.25) is 10.1 Å². The summed E-state index contributed by atoms with van der Waals surface area (Å²) in [6.07, 6.45) is 4.73. The number of furan rings is 1. The van der Waals surface area contributed by atoms with Crippen LogP contribution in [0.2, 0.25) is 0 Å². The molecule has 0 saturated heterocycles. The monoisotopic (exact) mass is 425 g/mol. The Kier molecular flexibility index (Phi) is 6.55. The van der Waals surface area contributed by atoms with Crippen molar-refractivity contribution < 1.29 is 24.1 Å². The van der Waals surface area contributed by atoms with Crippen molar-refractivity contribution in [2.75, 3.05) is 0 Å². The minimum absolute atomic E-state index is 0.102. The molecule has 8 nitrogen and oxygen atoms in total. The number of aromatic nitrogens is 1. The summed E-state index contributed by atoms with van der Waals surface area (Å²) < 4.78 is 6.77. The maximum atomic E-state index is 13.3. The maximum Gasteiger partial charge on any atom is 0.272 e. The third kappa shape index (κ3) is 4.70. The molecule has 9 heteroatoms. The van der Waals surface area contributed by atoms with E-state index in [-0.39, 0.29) is 35.1 Å². The first kappa shape index (κ1) is 21.2. The van der Waals surface area contributed by atoms with Crippen molar-refractivity contribution in [1.29, 1.82) is 0 Å². The molecule has 0 spiro atoms. The highest BCUT2D eigenvalue weighted by Gasteiger charge is 2.21. The van der Waals surface area contributed by atoms with Crippen molar-refractivity contribution >= 4 is 34.3 Å². The molecule has 0 bridgehead atoms. The number of aliphatic hydroxyl groups excluding tert-OH is 1. The molecule has 0 unspecified atom stereocenters. The number of nitro benzene ring substituents is 1. The van der Waals surface area contributed by atoms with Gasteiger partial charge in [-0.2, -0.15) is 4.57 Å². The van der Waals surface area contributed by atoms with E-state index in [0.717, 1.165) is 0 Å². The number of thiocarbonyl (C=S) groups is 1. The van der Waals surface area contributed by atoms with Crippen LogP contribution in [0.1, 0.15) is 22.5 Å². The number of aliphatic hydroxyl groups is 1. The molecular weight excluding hydrogens is 406 g/mol. The minimum Gasteiger partial charge on any atom is -0.867 e. The number of nitrogens with zero attached hydrogens (tertiary/aromatic N) is 2. The molecule has 3 rings (SSSR count). The third-order valence-corrected chi connectivity index (χ3v) is 4.74. The Labute approximate surface area is 177 Å². The van der Waals surface area contributed by atoms with Crippen molar-refractivity contribution in [3.05, 3.63) is 93.7 Å². The van der Waals surface area contributed by atoms with Crippen LogP contribution >= 0.6 is 12.2 Å². The van der Waals surface area contributed by atoms with Crippen molar-refractivity contribution in [3.8, 4) is 0 Å². The van der Waals surface area contributed by atoms with E-state index < -0.39 is 10.7 Å². The molecule has 0 amide bonds. The van der Waals surface area contributed by atoms with Gasteiger partial charge in [0.05, 0.1) is 24.3 Å². The Morgan fingerprint density at radius 3 is 2.77 bits per heavy atom. The van der Waals surface area contributed by atoms with Gasteiger partial charge in [0.1, 0.15) is 5.76 Å². The topological polar surface area (TPSA) is 115 Å². The van der Waals surface area contributed by atoms with Crippen LogP contribution in [0.25, 0.3) is 11.5 Å². The summed E-state index contributed by atoms with van der Waals surface area (Å²) in [6, 6.07) is 11.2. The molecule has 0 atom stereocenters. The highest BCUT2D eigenvalue weighted by molar-refractivity contribution is 7.81. The van der Waals surface area contributed by atoms with Crippen LogP contribution in [0.5, 0.6) is 0 Å². The molecular formula is C21H19N3O5S. The van der Waals surface area contributed by atoms with Crippen molar-refractivity contribution in [1.82, 2.24) is 5.32 Å². The van der Waals surface area contributed by atoms with Crippen molar-refractivity contribution in [2.24, 2.45) is 0 Å². The molecule has 0 aliphatic carbocycles. The summed E-state index contributed by atoms with van der Waals surface area (Å²) in [5.74, 6) is 0.138. The summed E-state index contributed by atoms with van der Waals surface area (Å²) in [7, 11) is 0. The molecule has 0 aliphatic heterocycles. The first-order chi connectivity index (χ1) is 14.4. The fourth-order valence-electron chi connectivity index (χ4n) is 2.84. The average molecular weight is 425 g/mol. The summed E-state index contributed by atoms with van der Waals surface area (Å²) in [5.41, 5.74) is 1.11. The van der Waals surface area contributed by atoms with Gasteiger partial charge in [-0.1, -0.05) is 24.4 Å². The minimum atomic E-state index is -0.529. The average Bonchev–Trinajstić information content (AvgIpc) is 3.26. The van der Waals surface area contributed by atoms with Crippen LogP contribution in [0.15, 0.2) is 65.5 Å². The second kappa shape index (κ2) is 9.29. The molecule has 2 heterocycles. The maximum absolute atomic E-state index is 13.3. The standard InChI is InChI=1S/C21H19N3O5S/c1-14-6-7-16(10-18(14)24(27)28)20(26)19(23-8-2-4-15(12-23)13-25)21(30)22-11-17-5-3-9-29-17/h2-10,12,25H,11,13H2,1H3,(H-,22,26,30). The van der Waals surface area contributed by atoms with E-state index in [4.69, 9.17) is 16.6 Å². The zero-order chi connectivity index (χ0) is 21.7. The third-order valence-electron chi connectivity index (χ3n) is 4.40. The van der Waals surface area contributed by atoms with Gasteiger partial charge in [0.15, 0.2) is 17.4 Å². The number of aryl methyl sites for hydroxylation is 1. The lowest BCUT2D eigenvalue weighted by Gasteiger charge is -2.17. The second-order valence-electron chi connectivity index (χ2n) is 6.48. The van der Waals surface area contributed by atoms with Crippen LogP contribution in [-0.2, 0) is 13.2 Å². The number of benzene rings is 1. The molecule has 0 saturated carbocycles. The van der Waals surface area contributed by atoms with Gasteiger partial charge in [-0.25, -0.2) is 0 Å². The Hall–Kier alpha value is -3.56. The first-order valence-corrected chi connectivity index (χ1v) is 9.40. The van der Waals surface area contributed by atoms with E-state index in [0.29, 0.717) is 16.9 Å². The van der Waals surface area contributed by atoms with E-state index in [2.05, 4.69) is 5.32 Å². The molecule has 0 aliphatic rings. The van der Waals surface area contributed by atoms with E-state index in [1.807, 2.05) is 0 Å². The zero-order valence-corrected chi connectivity index (χ0v) is 16.9.